The van der Waals surface area contributed by atoms with Crippen LogP contribution >= 0.6 is 9.24 Å². The maximum Gasteiger partial charge on any atom is 0.187 e. The lowest BCUT2D eigenvalue weighted by atomic mass is 9.98. The van der Waals surface area contributed by atoms with E-state index in [9.17, 15) is 4.79 Å². The van der Waals surface area contributed by atoms with Crippen molar-refractivity contribution >= 4 is 22.8 Å². The van der Waals surface area contributed by atoms with Crippen molar-refractivity contribution in [1.29, 1.82) is 0 Å². The summed E-state index contributed by atoms with van der Waals surface area (Å²) < 4.78 is 0. The summed E-state index contributed by atoms with van der Waals surface area (Å²) in [6.45, 7) is 0. The lowest BCUT2D eigenvalue weighted by Crippen LogP contribution is -2.01. The molecule has 1 unspecified atom stereocenters. The molecule has 0 aromatic heterocycles. The summed E-state index contributed by atoms with van der Waals surface area (Å²) in [4.78, 5) is 10.2. The smallest absolute Gasteiger partial charge is 0.187 e. The average molecular weight is 132 g/mol. The number of carbonyl (C=O) groups is 1. The van der Waals surface area contributed by atoms with Gasteiger partial charge in [-0.3, -0.25) is 0 Å². The Balaban J connectivity index is 3.05. The maximum absolute atomic E-state index is 10.2. The molecule has 0 rings (SSSR count). The topological polar surface area (TPSA) is 37.3 Å². The van der Waals surface area contributed by atoms with E-state index in [1.165, 1.54) is 7.85 Å². The molecule has 0 heterocycles. The van der Waals surface area contributed by atoms with Crippen molar-refractivity contribution in [2.75, 3.05) is 0 Å². The SMILES string of the molecule is BC(=O)CC[C@H](O)P. The van der Waals surface area contributed by atoms with Crippen LogP contribution in [-0.4, -0.2) is 24.5 Å². The second-order valence-electron chi connectivity index (χ2n) is 1.81. The highest BCUT2D eigenvalue weighted by atomic mass is 31.0. The van der Waals surface area contributed by atoms with E-state index in [1.54, 1.807) is 0 Å². The summed E-state index contributed by atoms with van der Waals surface area (Å²) in [6, 6.07) is 0. The van der Waals surface area contributed by atoms with Crippen molar-refractivity contribution in [3.63, 3.8) is 0 Å². The molecule has 0 aliphatic carbocycles. The van der Waals surface area contributed by atoms with Gasteiger partial charge in [0.15, 0.2) is 7.85 Å². The monoisotopic (exact) mass is 132 g/mol. The highest BCUT2D eigenvalue weighted by Gasteiger charge is 1.96. The minimum absolute atomic E-state index is 0.131. The van der Waals surface area contributed by atoms with Gasteiger partial charge in [0.25, 0.3) is 0 Å². The maximum atomic E-state index is 10.2. The predicted octanol–water partition coefficient (Wildman–Crippen LogP) is -0.880. The first-order chi connectivity index (χ1) is 3.63. The van der Waals surface area contributed by atoms with Gasteiger partial charge in [0.05, 0.1) is 11.5 Å². The summed E-state index contributed by atoms with van der Waals surface area (Å²) in [6.07, 6.45) is 1.03. The molecule has 1 N–H and O–H groups in total. The van der Waals surface area contributed by atoms with Crippen molar-refractivity contribution < 1.29 is 9.90 Å². The second-order valence-corrected chi connectivity index (χ2v) is 2.58. The zero-order chi connectivity index (χ0) is 6.57. The summed E-state index contributed by atoms with van der Waals surface area (Å²) >= 11 is 0. The lowest BCUT2D eigenvalue weighted by Gasteiger charge is -1.98. The standard InChI is InChI=1S/C4H10BO2P/c5-3(6)1-2-4(7)8/h4,7H,1-2,5,8H2/t4-/m1/s1. The van der Waals surface area contributed by atoms with E-state index in [4.69, 9.17) is 5.11 Å². The van der Waals surface area contributed by atoms with Crippen LogP contribution in [0.15, 0.2) is 0 Å². The van der Waals surface area contributed by atoms with Crippen LogP contribution in [0.5, 0.6) is 0 Å². The molecule has 46 valence electrons. The zero-order valence-corrected chi connectivity index (χ0v) is 6.08. The lowest BCUT2D eigenvalue weighted by molar-refractivity contribution is -0.112. The van der Waals surface area contributed by atoms with E-state index < -0.39 is 5.85 Å². The van der Waals surface area contributed by atoms with Gasteiger partial charge in [0.2, 0.25) is 0 Å². The molecule has 0 saturated carbocycles. The van der Waals surface area contributed by atoms with Gasteiger partial charge < -0.3 is 9.90 Å². The van der Waals surface area contributed by atoms with Crippen LogP contribution in [0, 0.1) is 0 Å². The molecular weight excluding hydrogens is 122 g/mol. The van der Waals surface area contributed by atoms with Gasteiger partial charge in [0, 0.05) is 0 Å². The number of carbonyl (C=O) groups excluding carboxylic acids is 1. The van der Waals surface area contributed by atoms with Gasteiger partial charge in [-0.15, -0.1) is 9.24 Å². The minimum atomic E-state index is -0.418. The highest BCUT2D eigenvalue weighted by molar-refractivity contribution is 7.17. The van der Waals surface area contributed by atoms with Crippen LogP contribution in [0.2, 0.25) is 0 Å². The Morgan fingerprint density at radius 1 is 1.88 bits per heavy atom. The summed E-state index contributed by atoms with van der Waals surface area (Å²) in [5, 5.41) is 8.61. The molecule has 0 aliphatic rings. The molecule has 0 radical (unpaired) electrons. The van der Waals surface area contributed by atoms with Crippen molar-refractivity contribution in [3.8, 4) is 0 Å². The molecule has 0 bridgehead atoms. The molecule has 2 atom stereocenters. The molecule has 0 spiro atoms. The van der Waals surface area contributed by atoms with Crippen molar-refractivity contribution in [1.82, 2.24) is 0 Å². The summed E-state index contributed by atoms with van der Waals surface area (Å²) in [5.41, 5.74) is 0.131. The van der Waals surface area contributed by atoms with Crippen LogP contribution in [0.4, 0.5) is 0 Å². The largest absolute Gasteiger partial charge is 0.389 e. The van der Waals surface area contributed by atoms with Gasteiger partial charge in [0.1, 0.15) is 0 Å². The fourth-order valence-electron chi connectivity index (χ4n) is 0.351. The summed E-state index contributed by atoms with van der Waals surface area (Å²) in [7, 11) is 3.75. The first-order valence-corrected chi connectivity index (χ1v) is 3.22. The van der Waals surface area contributed by atoms with E-state index in [0.717, 1.165) is 0 Å². The normalized spacial score (nSPS) is 13.2. The molecule has 0 aromatic carbocycles. The Bertz CT molecular complexity index is 84.1. The van der Waals surface area contributed by atoms with Crippen LogP contribution in [0.1, 0.15) is 12.8 Å². The highest BCUT2D eigenvalue weighted by Crippen LogP contribution is 2.02. The van der Waals surface area contributed by atoms with Crippen LogP contribution in [0.25, 0.3) is 0 Å². The zero-order valence-electron chi connectivity index (χ0n) is 4.92. The molecule has 8 heavy (non-hydrogen) atoms. The fraction of sp³-hybridized carbons (Fsp3) is 0.750. The first-order valence-electron chi connectivity index (χ1n) is 2.56. The van der Waals surface area contributed by atoms with Gasteiger partial charge in [-0.05, 0) is 12.8 Å². The third kappa shape index (κ3) is 6.12. The Hall–Kier alpha value is 0.125. The number of hydrogen-bond donors (Lipinski definition) is 1. The summed E-state index contributed by atoms with van der Waals surface area (Å²) in [5.74, 6) is -0.418. The molecule has 0 aromatic rings. The number of aliphatic hydroxyl groups excluding tert-OH is 1. The van der Waals surface area contributed by atoms with Gasteiger partial charge in [-0.25, -0.2) is 0 Å². The molecule has 2 nitrogen and oxygen atoms in total. The molecule has 4 heteroatoms. The molecular formula is C4H10BO2P. The molecule has 0 aliphatic heterocycles. The van der Waals surface area contributed by atoms with Crippen LogP contribution in [0.3, 0.4) is 0 Å². The predicted molar refractivity (Wildman–Crippen MR) is 38.5 cm³/mol. The molecule has 0 fully saturated rings. The van der Waals surface area contributed by atoms with Gasteiger partial charge in [-0.2, -0.15) is 0 Å². The molecule has 0 saturated heterocycles. The number of hydrogen-bond acceptors (Lipinski definition) is 2. The fourth-order valence-corrected chi connectivity index (χ4v) is 0.518. The Kier molecular flexibility index (Phi) is 4.11. The quantitative estimate of drug-likeness (QED) is 0.399. The Morgan fingerprint density at radius 3 is 2.50 bits per heavy atom. The number of rotatable bonds is 3. The van der Waals surface area contributed by atoms with E-state index in [2.05, 4.69) is 9.24 Å². The van der Waals surface area contributed by atoms with E-state index in [-0.39, 0.29) is 5.68 Å². The van der Waals surface area contributed by atoms with Crippen molar-refractivity contribution in [2.24, 2.45) is 0 Å². The van der Waals surface area contributed by atoms with Crippen LogP contribution < -0.4 is 0 Å². The van der Waals surface area contributed by atoms with Crippen molar-refractivity contribution in [2.45, 2.75) is 18.7 Å². The third-order valence-electron chi connectivity index (χ3n) is 0.792. The second kappa shape index (κ2) is 4.05. The van der Waals surface area contributed by atoms with E-state index in [0.29, 0.717) is 12.8 Å². The Morgan fingerprint density at radius 2 is 2.38 bits per heavy atom. The van der Waals surface area contributed by atoms with Crippen molar-refractivity contribution in [3.05, 3.63) is 0 Å². The van der Waals surface area contributed by atoms with E-state index in [1.807, 2.05) is 0 Å². The average Bonchev–Trinajstić information content (AvgIpc) is 1.61. The molecule has 0 amide bonds. The van der Waals surface area contributed by atoms with Gasteiger partial charge >= 0.3 is 0 Å². The number of aliphatic hydroxyl groups is 1. The minimum Gasteiger partial charge on any atom is -0.389 e. The van der Waals surface area contributed by atoms with Crippen LogP contribution in [-0.2, 0) is 4.79 Å². The van der Waals surface area contributed by atoms with Gasteiger partial charge in [-0.1, -0.05) is 0 Å². The third-order valence-corrected chi connectivity index (χ3v) is 1.13. The first kappa shape index (κ1) is 8.12. The Labute approximate surface area is 52.3 Å². The van der Waals surface area contributed by atoms with E-state index >= 15 is 0 Å².